The molecule has 2 N–H and O–H groups in total. The summed E-state index contributed by atoms with van der Waals surface area (Å²) in [4.78, 5) is 11.2. The highest BCUT2D eigenvalue weighted by atomic mass is 16.3. The Kier molecular flexibility index (Phi) is 3.08. The summed E-state index contributed by atoms with van der Waals surface area (Å²) in [6.45, 7) is 3.61. The minimum Gasteiger partial charge on any atom is -0.456 e. The van der Waals surface area contributed by atoms with Gasteiger partial charge in [0.1, 0.15) is 5.76 Å². The maximum Gasteiger partial charge on any atom is 0.287 e. The summed E-state index contributed by atoms with van der Waals surface area (Å²) in [7, 11) is 0. The Bertz CT molecular complexity index is 291. The van der Waals surface area contributed by atoms with E-state index in [9.17, 15) is 4.79 Å². The first-order valence-corrected chi connectivity index (χ1v) is 4.12. The van der Waals surface area contributed by atoms with Gasteiger partial charge in [-0.2, -0.15) is 0 Å². The second kappa shape index (κ2) is 4.09. The number of aliphatic hydroxyl groups excluding tert-OH is 1. The highest BCUT2D eigenvalue weighted by Crippen LogP contribution is 2.05. The number of nitrogens with one attached hydrogen (secondary N) is 1. The van der Waals surface area contributed by atoms with Gasteiger partial charge in [-0.3, -0.25) is 4.79 Å². The molecule has 0 aliphatic rings. The number of hydrogen-bond acceptors (Lipinski definition) is 3. The van der Waals surface area contributed by atoms with Crippen LogP contribution in [0, 0.1) is 6.92 Å². The second-order valence-electron chi connectivity index (χ2n) is 2.97. The lowest BCUT2D eigenvalue weighted by molar-refractivity contribution is 0.0895. The van der Waals surface area contributed by atoms with Crippen LogP contribution in [0.4, 0.5) is 0 Å². The fraction of sp³-hybridized carbons (Fsp3) is 0.444. The Morgan fingerprint density at radius 1 is 1.69 bits per heavy atom. The molecule has 1 unspecified atom stereocenters. The van der Waals surface area contributed by atoms with E-state index in [0.717, 1.165) is 0 Å². The average molecular weight is 183 g/mol. The number of carbonyl (C=O) groups excluding carboxylic acids is 1. The Balaban J connectivity index is 2.49. The maximum atomic E-state index is 11.2. The van der Waals surface area contributed by atoms with Gasteiger partial charge < -0.3 is 14.8 Å². The molecule has 1 atom stereocenters. The van der Waals surface area contributed by atoms with Crippen LogP contribution in [0.5, 0.6) is 0 Å². The summed E-state index contributed by atoms with van der Waals surface area (Å²) in [5, 5.41) is 11.4. The van der Waals surface area contributed by atoms with Crippen LogP contribution in [-0.4, -0.2) is 23.7 Å². The van der Waals surface area contributed by atoms with Crippen molar-refractivity contribution in [2.45, 2.75) is 20.0 Å². The predicted octanol–water partition coefficient (Wildman–Crippen LogP) is 0.699. The van der Waals surface area contributed by atoms with Gasteiger partial charge in [-0.25, -0.2) is 0 Å². The molecule has 0 aliphatic heterocycles. The largest absolute Gasteiger partial charge is 0.456 e. The molecule has 72 valence electrons. The third-order valence-corrected chi connectivity index (χ3v) is 1.52. The van der Waals surface area contributed by atoms with Crippen molar-refractivity contribution in [3.8, 4) is 0 Å². The molecular formula is C9H13NO3. The van der Waals surface area contributed by atoms with Crippen LogP contribution < -0.4 is 5.32 Å². The van der Waals surface area contributed by atoms with Gasteiger partial charge in [-0.05, 0) is 26.0 Å². The lowest BCUT2D eigenvalue weighted by Gasteiger charge is -2.04. The van der Waals surface area contributed by atoms with Gasteiger partial charge in [0.25, 0.3) is 5.91 Å². The van der Waals surface area contributed by atoms with Crippen molar-refractivity contribution in [3.05, 3.63) is 23.7 Å². The molecule has 4 heteroatoms. The van der Waals surface area contributed by atoms with E-state index in [0.29, 0.717) is 5.76 Å². The zero-order chi connectivity index (χ0) is 9.84. The van der Waals surface area contributed by atoms with E-state index in [1.807, 2.05) is 0 Å². The highest BCUT2D eigenvalue weighted by Gasteiger charge is 2.09. The van der Waals surface area contributed by atoms with E-state index in [2.05, 4.69) is 5.32 Å². The number of carbonyl (C=O) groups is 1. The standard InChI is InChI=1S/C9H13NO3/c1-6(11)5-10-9(12)8-4-3-7(2)13-8/h3-4,6,11H,5H2,1-2H3,(H,10,12). The molecular weight excluding hydrogens is 170 g/mol. The van der Waals surface area contributed by atoms with Crippen molar-refractivity contribution in [2.24, 2.45) is 0 Å². The van der Waals surface area contributed by atoms with Crippen LogP contribution in [0.2, 0.25) is 0 Å². The van der Waals surface area contributed by atoms with E-state index in [1.165, 1.54) is 0 Å². The molecule has 0 spiro atoms. The molecule has 0 aliphatic carbocycles. The summed E-state index contributed by atoms with van der Waals surface area (Å²) in [5.74, 6) is 0.675. The molecule has 1 aromatic rings. The van der Waals surface area contributed by atoms with Gasteiger partial charge in [0.2, 0.25) is 0 Å². The highest BCUT2D eigenvalue weighted by molar-refractivity contribution is 5.91. The molecule has 1 heterocycles. The lowest BCUT2D eigenvalue weighted by atomic mass is 10.3. The molecule has 0 bridgehead atoms. The van der Waals surface area contributed by atoms with Crippen molar-refractivity contribution in [1.82, 2.24) is 5.32 Å². The second-order valence-corrected chi connectivity index (χ2v) is 2.97. The maximum absolute atomic E-state index is 11.2. The minimum atomic E-state index is -0.542. The number of aryl methyl sites for hydroxylation is 1. The summed E-state index contributed by atoms with van der Waals surface area (Å²) >= 11 is 0. The zero-order valence-corrected chi connectivity index (χ0v) is 7.70. The number of furan rings is 1. The minimum absolute atomic E-state index is 0.235. The normalized spacial score (nSPS) is 12.5. The van der Waals surface area contributed by atoms with E-state index in [4.69, 9.17) is 9.52 Å². The van der Waals surface area contributed by atoms with Gasteiger partial charge in [0.15, 0.2) is 5.76 Å². The van der Waals surface area contributed by atoms with E-state index < -0.39 is 6.10 Å². The van der Waals surface area contributed by atoms with E-state index in [1.54, 1.807) is 26.0 Å². The molecule has 1 rings (SSSR count). The van der Waals surface area contributed by atoms with Gasteiger partial charge in [0.05, 0.1) is 6.10 Å². The van der Waals surface area contributed by atoms with Crippen LogP contribution in [0.1, 0.15) is 23.2 Å². The average Bonchev–Trinajstić information content (AvgIpc) is 2.47. The summed E-state index contributed by atoms with van der Waals surface area (Å²) in [6, 6.07) is 3.32. The smallest absolute Gasteiger partial charge is 0.287 e. The number of rotatable bonds is 3. The monoisotopic (exact) mass is 183 g/mol. The summed E-state index contributed by atoms with van der Waals surface area (Å²) in [5.41, 5.74) is 0. The van der Waals surface area contributed by atoms with Crippen LogP contribution in [0.25, 0.3) is 0 Å². The SMILES string of the molecule is Cc1ccc(C(=O)NCC(C)O)o1. The first kappa shape index (κ1) is 9.80. The summed E-state index contributed by atoms with van der Waals surface area (Å²) in [6.07, 6.45) is -0.542. The van der Waals surface area contributed by atoms with Gasteiger partial charge in [-0.15, -0.1) is 0 Å². The van der Waals surface area contributed by atoms with Gasteiger partial charge in [-0.1, -0.05) is 0 Å². The van der Waals surface area contributed by atoms with Gasteiger partial charge in [0, 0.05) is 6.54 Å². The first-order valence-electron chi connectivity index (χ1n) is 4.12. The van der Waals surface area contributed by atoms with Crippen molar-refractivity contribution in [1.29, 1.82) is 0 Å². The molecule has 1 aromatic heterocycles. The quantitative estimate of drug-likeness (QED) is 0.725. The molecule has 0 saturated carbocycles. The van der Waals surface area contributed by atoms with Gasteiger partial charge >= 0.3 is 0 Å². The molecule has 0 saturated heterocycles. The number of amides is 1. The molecule has 0 fully saturated rings. The Labute approximate surface area is 76.6 Å². The third kappa shape index (κ3) is 2.91. The molecule has 0 aromatic carbocycles. The first-order chi connectivity index (χ1) is 6.09. The number of hydrogen-bond donors (Lipinski definition) is 2. The fourth-order valence-electron chi connectivity index (χ4n) is 0.884. The van der Waals surface area contributed by atoms with Crippen molar-refractivity contribution < 1.29 is 14.3 Å². The third-order valence-electron chi connectivity index (χ3n) is 1.52. The van der Waals surface area contributed by atoms with Crippen LogP contribution >= 0.6 is 0 Å². The van der Waals surface area contributed by atoms with E-state index in [-0.39, 0.29) is 18.2 Å². The molecule has 1 amide bonds. The Hall–Kier alpha value is -1.29. The van der Waals surface area contributed by atoms with Crippen molar-refractivity contribution in [2.75, 3.05) is 6.54 Å². The topological polar surface area (TPSA) is 62.5 Å². The van der Waals surface area contributed by atoms with Crippen molar-refractivity contribution >= 4 is 5.91 Å². The zero-order valence-electron chi connectivity index (χ0n) is 7.70. The number of aliphatic hydroxyl groups is 1. The fourth-order valence-corrected chi connectivity index (χ4v) is 0.884. The molecule has 4 nitrogen and oxygen atoms in total. The Morgan fingerprint density at radius 3 is 2.85 bits per heavy atom. The van der Waals surface area contributed by atoms with Crippen molar-refractivity contribution in [3.63, 3.8) is 0 Å². The van der Waals surface area contributed by atoms with Crippen LogP contribution in [-0.2, 0) is 0 Å². The molecule has 0 radical (unpaired) electrons. The van der Waals surface area contributed by atoms with Crippen LogP contribution in [0.3, 0.4) is 0 Å². The Morgan fingerprint density at radius 2 is 2.38 bits per heavy atom. The predicted molar refractivity (Wildman–Crippen MR) is 47.5 cm³/mol. The van der Waals surface area contributed by atoms with Crippen LogP contribution in [0.15, 0.2) is 16.5 Å². The van der Waals surface area contributed by atoms with E-state index >= 15 is 0 Å². The lowest BCUT2D eigenvalue weighted by Crippen LogP contribution is -2.30. The molecule has 13 heavy (non-hydrogen) atoms. The summed E-state index contributed by atoms with van der Waals surface area (Å²) < 4.78 is 5.08.